The van der Waals surface area contributed by atoms with Crippen molar-refractivity contribution < 1.29 is 14.3 Å². The Bertz CT molecular complexity index is 691. The first kappa shape index (κ1) is 14.8. The van der Waals surface area contributed by atoms with E-state index in [-0.39, 0.29) is 18.1 Å². The van der Waals surface area contributed by atoms with Gasteiger partial charge < -0.3 is 14.4 Å². The van der Waals surface area contributed by atoms with Crippen LogP contribution in [0, 0.1) is 0 Å². The Morgan fingerprint density at radius 1 is 1.23 bits per heavy atom. The summed E-state index contributed by atoms with van der Waals surface area (Å²) in [6.45, 7) is 5.17. The Hall–Kier alpha value is -2.14. The number of pyridine rings is 1. The highest BCUT2D eigenvalue weighted by Gasteiger charge is 2.27. The molecule has 1 aliphatic heterocycles. The van der Waals surface area contributed by atoms with Gasteiger partial charge in [0, 0.05) is 18.5 Å². The molecule has 0 saturated carbocycles. The Kier molecular flexibility index (Phi) is 3.98. The molecule has 0 spiro atoms. The molecule has 1 saturated heterocycles. The number of carbonyl (C=O) groups excluding carboxylic acids is 1. The van der Waals surface area contributed by atoms with Crippen LogP contribution in [0.4, 0.5) is 0 Å². The summed E-state index contributed by atoms with van der Waals surface area (Å²) in [5.41, 5.74) is 1.26. The van der Waals surface area contributed by atoms with Crippen LogP contribution in [-0.2, 0) is 4.74 Å². The number of ether oxygens (including phenoxy) is 2. The number of methoxy groups -OCH3 is 1. The molecule has 2 unspecified atom stereocenters. The molecular weight excluding hydrogens is 280 g/mol. The lowest BCUT2D eigenvalue weighted by Crippen LogP contribution is -2.48. The maximum Gasteiger partial charge on any atom is 0.272 e. The van der Waals surface area contributed by atoms with Crippen molar-refractivity contribution in [1.82, 2.24) is 9.88 Å². The van der Waals surface area contributed by atoms with Crippen LogP contribution in [-0.4, -0.2) is 48.2 Å². The third kappa shape index (κ3) is 2.90. The molecule has 0 aliphatic carbocycles. The van der Waals surface area contributed by atoms with Crippen LogP contribution in [0.15, 0.2) is 30.3 Å². The minimum atomic E-state index is -0.0419. The van der Waals surface area contributed by atoms with E-state index in [1.165, 1.54) is 0 Å². The Labute approximate surface area is 129 Å². The van der Waals surface area contributed by atoms with E-state index in [2.05, 4.69) is 4.98 Å². The second-order valence-corrected chi connectivity index (χ2v) is 5.72. The van der Waals surface area contributed by atoms with Crippen molar-refractivity contribution in [3.8, 4) is 5.75 Å². The third-order valence-electron chi connectivity index (χ3n) is 3.82. The average Bonchev–Trinajstić information content (AvgIpc) is 2.52. The van der Waals surface area contributed by atoms with Crippen molar-refractivity contribution >= 4 is 16.8 Å². The predicted molar refractivity (Wildman–Crippen MR) is 84.2 cm³/mol. The summed E-state index contributed by atoms with van der Waals surface area (Å²) in [5.74, 6) is 0.740. The van der Waals surface area contributed by atoms with Crippen LogP contribution < -0.4 is 4.74 Å². The third-order valence-corrected chi connectivity index (χ3v) is 3.82. The highest BCUT2D eigenvalue weighted by Crippen LogP contribution is 2.21. The van der Waals surface area contributed by atoms with E-state index < -0.39 is 0 Å². The molecule has 1 aromatic heterocycles. The maximum absolute atomic E-state index is 12.6. The molecule has 5 heteroatoms. The number of rotatable bonds is 2. The van der Waals surface area contributed by atoms with Gasteiger partial charge in [0.05, 0.1) is 24.8 Å². The van der Waals surface area contributed by atoms with E-state index in [9.17, 15) is 4.79 Å². The number of hydrogen-bond donors (Lipinski definition) is 0. The summed E-state index contributed by atoms with van der Waals surface area (Å²) in [7, 11) is 1.63. The van der Waals surface area contributed by atoms with Crippen molar-refractivity contribution in [3.05, 3.63) is 36.0 Å². The van der Waals surface area contributed by atoms with Gasteiger partial charge in [-0.25, -0.2) is 4.98 Å². The summed E-state index contributed by atoms with van der Waals surface area (Å²) in [6, 6.07) is 9.31. The molecule has 0 radical (unpaired) electrons. The number of morpholine rings is 1. The van der Waals surface area contributed by atoms with E-state index in [0.29, 0.717) is 18.8 Å². The number of fused-ring (bicyclic) bond motifs is 1. The Morgan fingerprint density at radius 2 is 1.95 bits per heavy atom. The second kappa shape index (κ2) is 5.93. The van der Waals surface area contributed by atoms with Crippen LogP contribution in [0.25, 0.3) is 10.9 Å². The van der Waals surface area contributed by atoms with Gasteiger partial charge in [-0.2, -0.15) is 0 Å². The van der Waals surface area contributed by atoms with Crippen molar-refractivity contribution in [3.63, 3.8) is 0 Å². The van der Waals surface area contributed by atoms with Gasteiger partial charge in [-0.05, 0) is 38.1 Å². The molecule has 116 valence electrons. The largest absolute Gasteiger partial charge is 0.497 e. The van der Waals surface area contributed by atoms with Crippen LogP contribution >= 0.6 is 0 Å². The molecule has 2 heterocycles. The molecule has 3 rings (SSSR count). The zero-order valence-electron chi connectivity index (χ0n) is 13.1. The van der Waals surface area contributed by atoms with Crippen LogP contribution in [0.3, 0.4) is 0 Å². The molecule has 1 fully saturated rings. The van der Waals surface area contributed by atoms with E-state index in [0.717, 1.165) is 16.7 Å². The lowest BCUT2D eigenvalue weighted by molar-refractivity contribution is -0.0587. The standard InChI is InChI=1S/C17H20N2O3/c1-11-9-19(10-12(2)22-11)17(20)16-6-4-13-8-14(21-3)5-7-15(13)18-16/h4-8,11-12H,9-10H2,1-3H3. The summed E-state index contributed by atoms with van der Waals surface area (Å²) in [6.07, 6.45) is 0.106. The Morgan fingerprint density at radius 3 is 2.64 bits per heavy atom. The van der Waals surface area contributed by atoms with Crippen molar-refractivity contribution in [2.75, 3.05) is 20.2 Å². The first-order chi connectivity index (χ1) is 10.6. The predicted octanol–water partition coefficient (Wildman–Crippen LogP) is 2.49. The van der Waals surface area contributed by atoms with Gasteiger partial charge in [-0.3, -0.25) is 4.79 Å². The lowest BCUT2D eigenvalue weighted by Gasteiger charge is -2.35. The SMILES string of the molecule is COc1ccc2nc(C(=O)N3CC(C)OC(C)C3)ccc2c1. The summed E-state index contributed by atoms with van der Waals surface area (Å²) < 4.78 is 10.9. The fourth-order valence-corrected chi connectivity index (χ4v) is 2.86. The van der Waals surface area contributed by atoms with Gasteiger partial charge in [0.15, 0.2) is 0 Å². The molecular formula is C17H20N2O3. The van der Waals surface area contributed by atoms with Gasteiger partial charge in [0.25, 0.3) is 5.91 Å². The lowest BCUT2D eigenvalue weighted by atomic mass is 10.1. The molecule has 22 heavy (non-hydrogen) atoms. The smallest absolute Gasteiger partial charge is 0.272 e. The molecule has 1 amide bonds. The number of benzene rings is 1. The maximum atomic E-state index is 12.6. The van der Waals surface area contributed by atoms with Gasteiger partial charge in [-0.15, -0.1) is 0 Å². The summed E-state index contributed by atoms with van der Waals surface area (Å²) in [5, 5.41) is 0.958. The fraction of sp³-hybridized carbons (Fsp3) is 0.412. The van der Waals surface area contributed by atoms with Gasteiger partial charge in [0.2, 0.25) is 0 Å². The molecule has 5 nitrogen and oxygen atoms in total. The van der Waals surface area contributed by atoms with E-state index in [1.54, 1.807) is 13.2 Å². The molecule has 1 aliphatic rings. The molecule has 0 N–H and O–H groups in total. The van der Waals surface area contributed by atoms with Crippen LogP contribution in [0.1, 0.15) is 24.3 Å². The molecule has 2 aromatic rings. The summed E-state index contributed by atoms with van der Waals surface area (Å²) >= 11 is 0. The highest BCUT2D eigenvalue weighted by molar-refractivity contribution is 5.95. The second-order valence-electron chi connectivity index (χ2n) is 5.72. The normalized spacial score (nSPS) is 21.9. The first-order valence-corrected chi connectivity index (χ1v) is 7.46. The van der Waals surface area contributed by atoms with Gasteiger partial charge >= 0.3 is 0 Å². The van der Waals surface area contributed by atoms with Gasteiger partial charge in [-0.1, -0.05) is 6.07 Å². The van der Waals surface area contributed by atoms with E-state index in [1.807, 2.05) is 43.0 Å². The van der Waals surface area contributed by atoms with E-state index in [4.69, 9.17) is 9.47 Å². The van der Waals surface area contributed by atoms with E-state index >= 15 is 0 Å². The van der Waals surface area contributed by atoms with Gasteiger partial charge in [0.1, 0.15) is 11.4 Å². The number of amides is 1. The molecule has 0 bridgehead atoms. The minimum absolute atomic E-state index is 0.0419. The fourth-order valence-electron chi connectivity index (χ4n) is 2.86. The molecule has 1 aromatic carbocycles. The van der Waals surface area contributed by atoms with Crippen LogP contribution in [0.2, 0.25) is 0 Å². The zero-order valence-corrected chi connectivity index (χ0v) is 13.1. The molecule has 2 atom stereocenters. The minimum Gasteiger partial charge on any atom is -0.497 e. The quantitative estimate of drug-likeness (QED) is 0.855. The summed E-state index contributed by atoms with van der Waals surface area (Å²) in [4.78, 5) is 18.9. The van der Waals surface area contributed by atoms with Crippen molar-refractivity contribution in [2.45, 2.75) is 26.1 Å². The number of nitrogens with zero attached hydrogens (tertiary/aromatic N) is 2. The van der Waals surface area contributed by atoms with Crippen LogP contribution in [0.5, 0.6) is 5.75 Å². The Balaban J connectivity index is 1.87. The monoisotopic (exact) mass is 300 g/mol. The average molecular weight is 300 g/mol. The number of hydrogen-bond acceptors (Lipinski definition) is 4. The zero-order chi connectivity index (χ0) is 15.7. The van der Waals surface area contributed by atoms with Crippen molar-refractivity contribution in [2.24, 2.45) is 0 Å². The first-order valence-electron chi connectivity index (χ1n) is 7.46. The number of carbonyl (C=O) groups is 1. The highest BCUT2D eigenvalue weighted by atomic mass is 16.5. The van der Waals surface area contributed by atoms with Crippen molar-refractivity contribution in [1.29, 1.82) is 0 Å². The topological polar surface area (TPSA) is 51.7 Å². The number of aromatic nitrogens is 1.